The lowest BCUT2D eigenvalue weighted by Gasteiger charge is -2.46. The maximum Gasteiger partial charge on any atom is 0.259 e. The molecule has 1 aliphatic heterocycles. The third-order valence-corrected chi connectivity index (χ3v) is 8.00. The van der Waals surface area contributed by atoms with Gasteiger partial charge in [-0.15, -0.1) is 5.92 Å². The number of carbonyl (C=O) groups excluding carboxylic acids is 1. The van der Waals surface area contributed by atoms with Gasteiger partial charge in [-0.2, -0.15) is 0 Å². The summed E-state index contributed by atoms with van der Waals surface area (Å²) in [6, 6.07) is 8.53. The summed E-state index contributed by atoms with van der Waals surface area (Å²) in [4.78, 5) is 19.8. The van der Waals surface area contributed by atoms with Crippen LogP contribution in [-0.2, 0) is 21.5 Å². The molecule has 32 heavy (non-hydrogen) atoms. The fourth-order valence-electron chi connectivity index (χ4n) is 5.97. The predicted octanol–water partition coefficient (Wildman–Crippen LogP) is 3.79. The van der Waals surface area contributed by atoms with Crippen molar-refractivity contribution < 1.29 is 9.53 Å². The van der Waals surface area contributed by atoms with Crippen LogP contribution in [-0.4, -0.2) is 41.2 Å². The third-order valence-electron chi connectivity index (χ3n) is 7.63. The second-order valence-electron chi connectivity index (χ2n) is 9.15. The highest BCUT2D eigenvalue weighted by Crippen LogP contribution is 2.60. The van der Waals surface area contributed by atoms with Crippen molar-refractivity contribution in [3.05, 3.63) is 53.3 Å². The van der Waals surface area contributed by atoms with E-state index in [1.165, 1.54) is 5.56 Å². The van der Waals surface area contributed by atoms with Gasteiger partial charge in [-0.05, 0) is 80.1 Å². The molecule has 0 radical (unpaired) electrons. The van der Waals surface area contributed by atoms with Crippen molar-refractivity contribution in [2.75, 3.05) is 14.2 Å². The summed E-state index contributed by atoms with van der Waals surface area (Å²) in [5.41, 5.74) is 4.16. The number of nitrogens with one attached hydrogen (secondary N) is 1. The second kappa shape index (κ2) is 7.68. The average molecular weight is 446 g/mol. The number of benzene rings is 1. The first-order valence-electron chi connectivity index (χ1n) is 11.1. The van der Waals surface area contributed by atoms with Gasteiger partial charge in [0.25, 0.3) is 5.91 Å². The number of hydrogen-bond donors (Lipinski definition) is 1. The highest BCUT2D eigenvalue weighted by molar-refractivity contribution is 7.80. The van der Waals surface area contributed by atoms with Gasteiger partial charge in [-0.3, -0.25) is 14.7 Å². The zero-order valence-corrected chi connectivity index (χ0v) is 19.5. The van der Waals surface area contributed by atoms with Crippen LogP contribution in [0.1, 0.15) is 49.3 Å². The molecule has 2 spiro atoms. The first-order valence-corrected chi connectivity index (χ1v) is 11.5. The zero-order chi connectivity index (χ0) is 22.5. The Bertz CT molecular complexity index is 1170. The first-order chi connectivity index (χ1) is 15.4. The molecule has 1 unspecified atom stereocenters. The van der Waals surface area contributed by atoms with Crippen molar-refractivity contribution in [3.63, 3.8) is 0 Å². The molecule has 1 aromatic heterocycles. The van der Waals surface area contributed by atoms with Crippen LogP contribution in [0.3, 0.4) is 0 Å². The molecule has 1 N–H and O–H groups in total. The van der Waals surface area contributed by atoms with Crippen molar-refractivity contribution in [2.24, 2.45) is 5.41 Å². The number of ether oxygens (including phenoxy) is 1. The lowest BCUT2D eigenvalue weighted by atomic mass is 9.61. The van der Waals surface area contributed by atoms with Crippen molar-refractivity contribution in [1.29, 1.82) is 0 Å². The lowest BCUT2D eigenvalue weighted by Crippen LogP contribution is -2.56. The van der Waals surface area contributed by atoms with Crippen LogP contribution in [0.5, 0.6) is 0 Å². The number of pyridine rings is 1. The summed E-state index contributed by atoms with van der Waals surface area (Å²) in [6.45, 7) is 1.82. The molecule has 6 heteroatoms. The lowest BCUT2D eigenvalue weighted by molar-refractivity contribution is -0.137. The normalized spacial score (nSPS) is 28.6. The van der Waals surface area contributed by atoms with Gasteiger partial charge in [0.1, 0.15) is 0 Å². The molecule has 2 fully saturated rings. The molecule has 1 saturated carbocycles. The molecular weight excluding hydrogens is 418 g/mol. The van der Waals surface area contributed by atoms with Gasteiger partial charge in [0, 0.05) is 43.1 Å². The Morgan fingerprint density at radius 2 is 2.00 bits per heavy atom. The molecule has 2 aromatic rings. The molecule has 164 valence electrons. The first kappa shape index (κ1) is 21.1. The topological polar surface area (TPSA) is 54.5 Å². The van der Waals surface area contributed by atoms with Gasteiger partial charge >= 0.3 is 0 Å². The summed E-state index contributed by atoms with van der Waals surface area (Å²) < 4.78 is 5.64. The van der Waals surface area contributed by atoms with Crippen molar-refractivity contribution in [2.45, 2.75) is 50.7 Å². The molecule has 2 heterocycles. The van der Waals surface area contributed by atoms with Gasteiger partial charge in [-0.25, -0.2) is 0 Å². The Balaban J connectivity index is 1.64. The third kappa shape index (κ3) is 2.92. The molecule has 1 saturated heterocycles. The summed E-state index contributed by atoms with van der Waals surface area (Å²) >= 11 is 5.57. The van der Waals surface area contributed by atoms with Crippen molar-refractivity contribution in [3.8, 4) is 23.0 Å². The van der Waals surface area contributed by atoms with Crippen LogP contribution in [0.4, 0.5) is 0 Å². The van der Waals surface area contributed by atoms with E-state index in [4.69, 9.17) is 17.0 Å². The second-order valence-corrected chi connectivity index (χ2v) is 9.53. The van der Waals surface area contributed by atoms with Crippen LogP contribution in [0.15, 0.2) is 36.7 Å². The highest BCUT2D eigenvalue weighted by atomic mass is 32.1. The highest BCUT2D eigenvalue weighted by Gasteiger charge is 2.66. The number of aromatic nitrogens is 1. The Hall–Kier alpha value is -2.75. The van der Waals surface area contributed by atoms with E-state index in [0.29, 0.717) is 5.11 Å². The van der Waals surface area contributed by atoms with Crippen molar-refractivity contribution >= 4 is 23.2 Å². The van der Waals surface area contributed by atoms with E-state index in [-0.39, 0.29) is 17.4 Å². The molecule has 1 aromatic carbocycles. The molecular formula is C26H27N3O2S. The smallest absolute Gasteiger partial charge is 0.259 e. The SMILES string of the molecule is CC#Cc1cncc(-c2ccc3c(c2)C2(NC(=S)N(C)C2=O)C2(CCC(OC)CC2)C3)c1. The average Bonchev–Trinajstić information content (AvgIpc) is 3.21. The van der Waals surface area contributed by atoms with Gasteiger partial charge < -0.3 is 10.1 Å². The number of carbonyl (C=O) groups is 1. The fourth-order valence-corrected chi connectivity index (χ4v) is 6.20. The van der Waals surface area contributed by atoms with E-state index in [1.807, 2.05) is 19.2 Å². The van der Waals surface area contributed by atoms with Crippen LogP contribution in [0.25, 0.3) is 11.1 Å². The van der Waals surface area contributed by atoms with E-state index < -0.39 is 5.54 Å². The monoisotopic (exact) mass is 445 g/mol. The maximum absolute atomic E-state index is 13.8. The standard InChI is InChI=1S/C26H27N3O2S/c1-4-5-17-12-20(16-27-15-17)18-6-7-19-14-25(10-8-21(31-3)9-11-25)26(22(19)13-18)23(30)29(2)24(32)28-26/h6-7,12-13,15-16,21H,8-11,14H2,1-3H3,(H,28,32). The Morgan fingerprint density at radius 3 is 2.66 bits per heavy atom. The molecule has 3 aliphatic rings. The van der Waals surface area contributed by atoms with Gasteiger partial charge in [-0.1, -0.05) is 18.1 Å². The Kier molecular flexibility index (Phi) is 5.07. The number of fused-ring (bicyclic) bond motifs is 3. The van der Waals surface area contributed by atoms with Crippen LogP contribution < -0.4 is 5.32 Å². The number of hydrogen-bond acceptors (Lipinski definition) is 4. The molecule has 5 rings (SSSR count). The molecule has 0 bridgehead atoms. The summed E-state index contributed by atoms with van der Waals surface area (Å²) in [5, 5.41) is 4.02. The summed E-state index contributed by atoms with van der Waals surface area (Å²) in [7, 11) is 3.56. The maximum atomic E-state index is 13.8. The predicted molar refractivity (Wildman–Crippen MR) is 128 cm³/mol. The number of nitrogens with zero attached hydrogens (tertiary/aromatic N) is 2. The fraction of sp³-hybridized carbons (Fsp3) is 0.423. The quantitative estimate of drug-likeness (QED) is 0.563. The number of amides is 1. The zero-order valence-electron chi connectivity index (χ0n) is 18.7. The minimum atomic E-state index is -0.822. The minimum absolute atomic E-state index is 0.0537. The van der Waals surface area contributed by atoms with E-state index in [2.05, 4.69) is 40.3 Å². The van der Waals surface area contributed by atoms with E-state index in [1.54, 1.807) is 25.3 Å². The van der Waals surface area contributed by atoms with E-state index >= 15 is 0 Å². The van der Waals surface area contributed by atoms with Gasteiger partial charge in [0.2, 0.25) is 0 Å². The van der Waals surface area contributed by atoms with Crippen molar-refractivity contribution in [1.82, 2.24) is 15.2 Å². The van der Waals surface area contributed by atoms with Crippen LogP contribution in [0, 0.1) is 17.3 Å². The van der Waals surface area contributed by atoms with Crippen LogP contribution in [0.2, 0.25) is 0 Å². The number of rotatable bonds is 2. The summed E-state index contributed by atoms with van der Waals surface area (Å²) in [5.74, 6) is 6.06. The van der Waals surface area contributed by atoms with Gasteiger partial charge in [0.15, 0.2) is 10.7 Å². The van der Waals surface area contributed by atoms with Gasteiger partial charge in [0.05, 0.1) is 6.10 Å². The molecule has 5 nitrogen and oxygen atoms in total. The molecule has 1 amide bonds. The van der Waals surface area contributed by atoms with E-state index in [9.17, 15) is 4.79 Å². The Labute approximate surface area is 194 Å². The molecule has 2 aliphatic carbocycles. The summed E-state index contributed by atoms with van der Waals surface area (Å²) in [6.07, 6.45) is 8.50. The Morgan fingerprint density at radius 1 is 1.22 bits per heavy atom. The number of methoxy groups -OCH3 is 1. The largest absolute Gasteiger partial charge is 0.381 e. The number of thiocarbonyl (C=S) groups is 1. The van der Waals surface area contributed by atoms with Crippen LogP contribution >= 0.6 is 12.2 Å². The van der Waals surface area contributed by atoms with E-state index in [0.717, 1.165) is 54.4 Å². The number of likely N-dealkylation sites (N-methyl/N-ethyl adjacent to an activating group) is 1. The minimum Gasteiger partial charge on any atom is -0.381 e. The molecule has 1 atom stereocenters.